The zero-order valence-electron chi connectivity index (χ0n) is 17.9. The molecule has 1 aliphatic carbocycles. The molecule has 0 atom stereocenters. The molecule has 1 saturated heterocycles. The molecular formula is C23H34N2O3. The number of nitrogens with one attached hydrogen (secondary N) is 1. The summed E-state index contributed by atoms with van der Waals surface area (Å²) in [4.78, 5) is 26.4. The molecule has 1 fully saturated rings. The second kappa shape index (κ2) is 7.76. The third-order valence-corrected chi connectivity index (χ3v) is 6.47. The van der Waals surface area contributed by atoms with E-state index >= 15 is 0 Å². The largest absolute Gasteiger partial charge is 0.450 e. The van der Waals surface area contributed by atoms with Gasteiger partial charge in [0.05, 0.1) is 6.61 Å². The van der Waals surface area contributed by atoms with Crippen LogP contribution in [0.2, 0.25) is 0 Å². The summed E-state index contributed by atoms with van der Waals surface area (Å²) in [5, 5.41) is 3.16. The minimum absolute atomic E-state index is 0.0171. The topological polar surface area (TPSA) is 58.6 Å². The van der Waals surface area contributed by atoms with Crippen molar-refractivity contribution in [2.75, 3.05) is 19.7 Å². The van der Waals surface area contributed by atoms with Crippen molar-refractivity contribution in [2.24, 2.45) is 0 Å². The van der Waals surface area contributed by atoms with Crippen LogP contribution in [0, 0.1) is 0 Å². The molecular weight excluding hydrogens is 352 g/mol. The molecule has 1 N–H and O–H groups in total. The first kappa shape index (κ1) is 20.7. The van der Waals surface area contributed by atoms with Crippen molar-refractivity contribution in [1.29, 1.82) is 0 Å². The third kappa shape index (κ3) is 4.18. The molecule has 2 amide bonds. The second-order valence-corrected chi connectivity index (χ2v) is 9.46. The van der Waals surface area contributed by atoms with Gasteiger partial charge in [-0.3, -0.25) is 4.79 Å². The summed E-state index contributed by atoms with van der Waals surface area (Å²) in [6.07, 6.45) is 3.55. The lowest BCUT2D eigenvalue weighted by Gasteiger charge is -2.42. The number of nitrogens with zero attached hydrogens (tertiary/aromatic N) is 1. The number of hydrogen-bond donors (Lipinski definition) is 1. The Hall–Kier alpha value is -2.04. The lowest BCUT2D eigenvalue weighted by molar-refractivity contribution is 0.0860. The van der Waals surface area contributed by atoms with Crippen LogP contribution in [0.1, 0.15) is 81.8 Å². The molecule has 1 aliphatic heterocycles. The van der Waals surface area contributed by atoms with E-state index in [4.69, 9.17) is 4.74 Å². The predicted octanol–water partition coefficient (Wildman–Crippen LogP) is 4.39. The van der Waals surface area contributed by atoms with E-state index in [0.717, 1.165) is 31.2 Å². The highest BCUT2D eigenvalue weighted by Gasteiger charge is 2.37. The van der Waals surface area contributed by atoms with Gasteiger partial charge in [0.15, 0.2) is 0 Å². The van der Waals surface area contributed by atoms with Gasteiger partial charge in [-0.15, -0.1) is 0 Å². The third-order valence-electron chi connectivity index (χ3n) is 6.47. The molecule has 0 saturated carbocycles. The fraction of sp³-hybridized carbons (Fsp3) is 0.652. The van der Waals surface area contributed by atoms with Crippen LogP contribution in [0.15, 0.2) is 18.2 Å². The minimum Gasteiger partial charge on any atom is -0.450 e. The molecule has 1 heterocycles. The highest BCUT2D eigenvalue weighted by molar-refractivity contribution is 5.94. The number of hydrogen-bond acceptors (Lipinski definition) is 3. The van der Waals surface area contributed by atoms with Gasteiger partial charge in [-0.1, -0.05) is 33.8 Å². The van der Waals surface area contributed by atoms with Crippen molar-refractivity contribution < 1.29 is 14.3 Å². The number of carbonyl (C=O) groups excluding carboxylic acids is 2. The van der Waals surface area contributed by atoms with Gasteiger partial charge >= 0.3 is 6.09 Å². The Balaban J connectivity index is 1.67. The average molecular weight is 387 g/mol. The summed E-state index contributed by atoms with van der Waals surface area (Å²) >= 11 is 0. The van der Waals surface area contributed by atoms with Crippen molar-refractivity contribution in [3.05, 3.63) is 34.9 Å². The van der Waals surface area contributed by atoms with E-state index in [2.05, 4.69) is 45.1 Å². The molecule has 0 unspecified atom stereocenters. The van der Waals surface area contributed by atoms with Crippen LogP contribution in [0.3, 0.4) is 0 Å². The summed E-state index contributed by atoms with van der Waals surface area (Å²) in [7, 11) is 0. The van der Waals surface area contributed by atoms with E-state index < -0.39 is 0 Å². The first-order valence-electron chi connectivity index (χ1n) is 10.5. The first-order chi connectivity index (χ1) is 13.1. The summed E-state index contributed by atoms with van der Waals surface area (Å²) in [6.45, 7) is 12.6. The molecule has 154 valence electrons. The zero-order valence-corrected chi connectivity index (χ0v) is 17.9. The molecule has 0 spiro atoms. The Morgan fingerprint density at radius 2 is 1.68 bits per heavy atom. The van der Waals surface area contributed by atoms with Gasteiger partial charge < -0.3 is 15.0 Å². The van der Waals surface area contributed by atoms with E-state index in [1.807, 2.05) is 13.0 Å². The lowest BCUT2D eigenvalue weighted by atomic mass is 9.63. The Labute approximate surface area is 168 Å². The van der Waals surface area contributed by atoms with E-state index in [0.29, 0.717) is 19.7 Å². The molecule has 1 aromatic carbocycles. The Morgan fingerprint density at radius 3 is 2.29 bits per heavy atom. The van der Waals surface area contributed by atoms with Gasteiger partial charge in [-0.25, -0.2) is 4.79 Å². The molecule has 28 heavy (non-hydrogen) atoms. The van der Waals surface area contributed by atoms with Crippen LogP contribution in [-0.4, -0.2) is 42.6 Å². The molecule has 5 nitrogen and oxygen atoms in total. The number of amides is 2. The highest BCUT2D eigenvalue weighted by atomic mass is 16.6. The van der Waals surface area contributed by atoms with E-state index in [9.17, 15) is 9.59 Å². The van der Waals surface area contributed by atoms with Crippen molar-refractivity contribution in [1.82, 2.24) is 10.2 Å². The van der Waals surface area contributed by atoms with Gasteiger partial charge in [0.2, 0.25) is 0 Å². The molecule has 5 heteroatoms. The standard InChI is InChI=1S/C23H34N2O3/c1-6-28-21(27)25-13-9-17(10-14-25)24-20(26)16-7-8-18-19(15-16)23(4,5)12-11-22(18,2)3/h7-8,15,17H,6,9-14H2,1-5H3,(H,24,26). The SMILES string of the molecule is CCOC(=O)N1CCC(NC(=O)c2ccc3c(c2)C(C)(C)CCC3(C)C)CC1. The Morgan fingerprint density at radius 1 is 1.07 bits per heavy atom. The van der Waals surface area contributed by atoms with Gasteiger partial charge in [0.1, 0.15) is 0 Å². The number of likely N-dealkylation sites (tertiary alicyclic amines) is 1. The van der Waals surface area contributed by atoms with Gasteiger partial charge in [0, 0.05) is 24.7 Å². The van der Waals surface area contributed by atoms with Gasteiger partial charge in [-0.05, 0) is 66.7 Å². The number of fused-ring (bicyclic) bond motifs is 1. The maximum Gasteiger partial charge on any atom is 0.409 e. The molecule has 3 rings (SSSR count). The van der Waals surface area contributed by atoms with E-state index in [1.54, 1.807) is 4.90 Å². The number of carbonyl (C=O) groups is 2. The monoisotopic (exact) mass is 386 g/mol. The maximum absolute atomic E-state index is 12.9. The minimum atomic E-state index is -0.258. The Kier molecular flexibility index (Phi) is 5.74. The van der Waals surface area contributed by atoms with Gasteiger partial charge in [-0.2, -0.15) is 0 Å². The fourth-order valence-electron chi connectivity index (χ4n) is 4.42. The summed E-state index contributed by atoms with van der Waals surface area (Å²) in [5.74, 6) is -0.0171. The van der Waals surface area contributed by atoms with Crippen molar-refractivity contribution in [2.45, 2.75) is 77.2 Å². The van der Waals surface area contributed by atoms with Crippen molar-refractivity contribution in [3.8, 4) is 0 Å². The van der Waals surface area contributed by atoms with E-state index in [1.165, 1.54) is 11.1 Å². The van der Waals surface area contributed by atoms with Crippen molar-refractivity contribution >= 4 is 12.0 Å². The summed E-state index contributed by atoms with van der Waals surface area (Å²) in [5.41, 5.74) is 3.64. The molecule has 0 bridgehead atoms. The second-order valence-electron chi connectivity index (χ2n) is 9.46. The predicted molar refractivity (Wildman–Crippen MR) is 111 cm³/mol. The summed E-state index contributed by atoms with van der Waals surface area (Å²) in [6, 6.07) is 6.30. The van der Waals surface area contributed by atoms with Crippen molar-refractivity contribution in [3.63, 3.8) is 0 Å². The van der Waals surface area contributed by atoms with Crippen LogP contribution >= 0.6 is 0 Å². The molecule has 1 aromatic rings. The highest BCUT2D eigenvalue weighted by Crippen LogP contribution is 2.45. The van der Waals surface area contributed by atoms with Crippen LogP contribution in [0.25, 0.3) is 0 Å². The normalized spacial score (nSPS) is 21.0. The lowest BCUT2D eigenvalue weighted by Crippen LogP contribution is -2.46. The number of rotatable bonds is 3. The van der Waals surface area contributed by atoms with Crippen LogP contribution in [0.5, 0.6) is 0 Å². The van der Waals surface area contributed by atoms with Gasteiger partial charge in [0.25, 0.3) is 5.91 Å². The number of ether oxygens (including phenoxy) is 1. The van der Waals surface area contributed by atoms with Crippen LogP contribution < -0.4 is 5.32 Å². The summed E-state index contributed by atoms with van der Waals surface area (Å²) < 4.78 is 5.06. The molecule has 2 aliphatic rings. The van der Waals surface area contributed by atoms with E-state index in [-0.39, 0.29) is 28.9 Å². The molecule has 0 aromatic heterocycles. The fourth-order valence-corrected chi connectivity index (χ4v) is 4.42. The maximum atomic E-state index is 12.9. The van der Waals surface area contributed by atoms with Crippen LogP contribution in [-0.2, 0) is 15.6 Å². The zero-order chi connectivity index (χ0) is 20.5. The average Bonchev–Trinajstić information content (AvgIpc) is 2.66. The van der Waals surface area contributed by atoms with Crippen LogP contribution in [0.4, 0.5) is 4.79 Å². The number of piperidine rings is 1. The number of benzene rings is 1. The quantitative estimate of drug-likeness (QED) is 0.838. The Bertz CT molecular complexity index is 746. The first-order valence-corrected chi connectivity index (χ1v) is 10.5. The smallest absolute Gasteiger partial charge is 0.409 e. The molecule has 0 radical (unpaired) electrons.